The van der Waals surface area contributed by atoms with Crippen molar-refractivity contribution in [1.82, 2.24) is 0 Å². The zero-order valence-electron chi connectivity index (χ0n) is 9.21. The normalized spacial score (nSPS) is 14.5. The summed E-state index contributed by atoms with van der Waals surface area (Å²) in [6.45, 7) is 0.359. The van der Waals surface area contributed by atoms with Crippen LogP contribution in [0.5, 0.6) is 0 Å². The third kappa shape index (κ3) is 2.77. The Hall–Kier alpha value is -1.10. The van der Waals surface area contributed by atoms with E-state index in [1.807, 2.05) is 24.3 Å². The summed E-state index contributed by atoms with van der Waals surface area (Å²) >= 11 is 3.41. The standard InChI is InChI=1S/C13H14BrNO2/c14-10-4-1-3-9(7-10)11(8-15)13(16)12-5-2-6-17-12/h1-7,11,13,16H,8,15H2. The van der Waals surface area contributed by atoms with Gasteiger partial charge in [0.15, 0.2) is 0 Å². The van der Waals surface area contributed by atoms with Crippen molar-refractivity contribution in [1.29, 1.82) is 0 Å². The molecule has 0 spiro atoms. The second-order valence-electron chi connectivity index (χ2n) is 3.86. The number of benzene rings is 1. The van der Waals surface area contributed by atoms with E-state index in [1.165, 1.54) is 0 Å². The molecule has 4 heteroatoms. The van der Waals surface area contributed by atoms with E-state index >= 15 is 0 Å². The largest absolute Gasteiger partial charge is 0.467 e. The number of hydrogen-bond donors (Lipinski definition) is 2. The van der Waals surface area contributed by atoms with Crippen molar-refractivity contribution in [2.24, 2.45) is 5.73 Å². The van der Waals surface area contributed by atoms with Gasteiger partial charge in [0.1, 0.15) is 11.9 Å². The first-order valence-corrected chi connectivity index (χ1v) is 6.18. The zero-order chi connectivity index (χ0) is 12.3. The molecule has 2 atom stereocenters. The fourth-order valence-electron chi connectivity index (χ4n) is 1.84. The van der Waals surface area contributed by atoms with E-state index in [-0.39, 0.29) is 5.92 Å². The van der Waals surface area contributed by atoms with Gasteiger partial charge in [-0.1, -0.05) is 28.1 Å². The van der Waals surface area contributed by atoms with Gasteiger partial charge >= 0.3 is 0 Å². The van der Waals surface area contributed by atoms with Crippen molar-refractivity contribution < 1.29 is 9.52 Å². The minimum Gasteiger partial charge on any atom is -0.467 e. The predicted octanol–water partition coefficient (Wildman–Crippen LogP) is 2.82. The lowest BCUT2D eigenvalue weighted by Gasteiger charge is -2.20. The van der Waals surface area contributed by atoms with Crippen LogP contribution in [0, 0.1) is 0 Å². The van der Waals surface area contributed by atoms with Crippen molar-refractivity contribution in [3.8, 4) is 0 Å². The Kier molecular flexibility index (Phi) is 3.99. The van der Waals surface area contributed by atoms with Crippen molar-refractivity contribution in [2.75, 3.05) is 6.54 Å². The highest BCUT2D eigenvalue weighted by Gasteiger charge is 2.23. The van der Waals surface area contributed by atoms with Crippen molar-refractivity contribution in [2.45, 2.75) is 12.0 Å². The molecule has 1 aromatic heterocycles. The molecule has 90 valence electrons. The van der Waals surface area contributed by atoms with E-state index in [1.54, 1.807) is 18.4 Å². The topological polar surface area (TPSA) is 59.4 Å². The summed E-state index contributed by atoms with van der Waals surface area (Å²) in [7, 11) is 0. The van der Waals surface area contributed by atoms with Crippen LogP contribution in [0.15, 0.2) is 51.6 Å². The van der Waals surface area contributed by atoms with Gasteiger partial charge in [0, 0.05) is 16.9 Å². The highest BCUT2D eigenvalue weighted by atomic mass is 79.9. The van der Waals surface area contributed by atoms with Crippen molar-refractivity contribution in [3.05, 3.63) is 58.5 Å². The van der Waals surface area contributed by atoms with Gasteiger partial charge in [-0.25, -0.2) is 0 Å². The first-order valence-electron chi connectivity index (χ1n) is 5.39. The molecule has 1 aromatic carbocycles. The number of hydrogen-bond acceptors (Lipinski definition) is 3. The lowest BCUT2D eigenvalue weighted by Crippen LogP contribution is -2.19. The van der Waals surface area contributed by atoms with E-state index in [2.05, 4.69) is 15.9 Å². The molecule has 0 amide bonds. The molecule has 0 fully saturated rings. The fourth-order valence-corrected chi connectivity index (χ4v) is 2.26. The van der Waals surface area contributed by atoms with Crippen molar-refractivity contribution in [3.63, 3.8) is 0 Å². The number of halogens is 1. The highest BCUT2D eigenvalue weighted by molar-refractivity contribution is 9.10. The predicted molar refractivity (Wildman–Crippen MR) is 69.6 cm³/mol. The van der Waals surface area contributed by atoms with Gasteiger partial charge in [-0.05, 0) is 29.8 Å². The van der Waals surface area contributed by atoms with Crippen LogP contribution in [0.4, 0.5) is 0 Å². The van der Waals surface area contributed by atoms with E-state index in [0.29, 0.717) is 12.3 Å². The van der Waals surface area contributed by atoms with E-state index in [0.717, 1.165) is 10.0 Å². The van der Waals surface area contributed by atoms with E-state index < -0.39 is 6.10 Å². The molecule has 0 radical (unpaired) electrons. The van der Waals surface area contributed by atoms with Crippen LogP contribution in [0.2, 0.25) is 0 Å². The van der Waals surface area contributed by atoms with Crippen LogP contribution in [0.25, 0.3) is 0 Å². The van der Waals surface area contributed by atoms with Gasteiger partial charge in [0.2, 0.25) is 0 Å². The van der Waals surface area contributed by atoms with Gasteiger partial charge in [0.05, 0.1) is 6.26 Å². The number of aliphatic hydroxyl groups is 1. The third-order valence-corrected chi connectivity index (χ3v) is 3.24. The molecule has 0 aliphatic heterocycles. The smallest absolute Gasteiger partial charge is 0.132 e. The Morgan fingerprint density at radius 1 is 1.29 bits per heavy atom. The Morgan fingerprint density at radius 2 is 2.12 bits per heavy atom. The van der Waals surface area contributed by atoms with Gasteiger partial charge in [-0.15, -0.1) is 0 Å². The monoisotopic (exact) mass is 295 g/mol. The molecule has 2 unspecified atom stereocenters. The minimum atomic E-state index is -0.718. The molecule has 1 heterocycles. The number of nitrogens with two attached hydrogens (primary N) is 1. The Labute approximate surface area is 108 Å². The lowest BCUT2D eigenvalue weighted by molar-refractivity contribution is 0.122. The number of aliphatic hydroxyl groups excluding tert-OH is 1. The van der Waals surface area contributed by atoms with Crippen LogP contribution in [0.1, 0.15) is 23.3 Å². The summed E-state index contributed by atoms with van der Waals surface area (Å²) in [4.78, 5) is 0. The lowest BCUT2D eigenvalue weighted by atomic mass is 9.92. The molecule has 0 aliphatic carbocycles. The number of rotatable bonds is 4. The second-order valence-corrected chi connectivity index (χ2v) is 4.77. The van der Waals surface area contributed by atoms with E-state index in [4.69, 9.17) is 10.2 Å². The van der Waals surface area contributed by atoms with E-state index in [9.17, 15) is 5.11 Å². The van der Waals surface area contributed by atoms with Gasteiger partial charge in [-0.2, -0.15) is 0 Å². The summed E-state index contributed by atoms with van der Waals surface area (Å²) < 4.78 is 6.18. The third-order valence-electron chi connectivity index (χ3n) is 2.75. The zero-order valence-corrected chi connectivity index (χ0v) is 10.8. The molecule has 2 rings (SSSR count). The molecule has 3 N–H and O–H groups in total. The Balaban J connectivity index is 2.27. The molecule has 2 aromatic rings. The quantitative estimate of drug-likeness (QED) is 0.912. The summed E-state index contributed by atoms with van der Waals surface area (Å²) in [5, 5.41) is 10.2. The molecule has 0 saturated carbocycles. The minimum absolute atomic E-state index is 0.168. The SMILES string of the molecule is NCC(c1cccc(Br)c1)C(O)c1ccco1. The molecule has 3 nitrogen and oxygen atoms in total. The average molecular weight is 296 g/mol. The van der Waals surface area contributed by atoms with Crippen molar-refractivity contribution >= 4 is 15.9 Å². The van der Waals surface area contributed by atoms with Crippen LogP contribution in [-0.2, 0) is 0 Å². The first kappa shape index (κ1) is 12.4. The first-order chi connectivity index (χ1) is 8.22. The van der Waals surface area contributed by atoms with Crippen LogP contribution in [-0.4, -0.2) is 11.7 Å². The summed E-state index contributed by atoms with van der Waals surface area (Å²) in [5.74, 6) is 0.374. The fraction of sp³-hybridized carbons (Fsp3) is 0.231. The van der Waals surface area contributed by atoms with Gasteiger partial charge in [-0.3, -0.25) is 0 Å². The Bertz CT molecular complexity index is 470. The molecule has 0 saturated heterocycles. The maximum Gasteiger partial charge on any atom is 0.132 e. The summed E-state index contributed by atoms with van der Waals surface area (Å²) in [6, 6.07) is 11.3. The van der Waals surface area contributed by atoms with Crippen LogP contribution in [0.3, 0.4) is 0 Å². The van der Waals surface area contributed by atoms with Crippen LogP contribution < -0.4 is 5.73 Å². The summed E-state index contributed by atoms with van der Waals surface area (Å²) in [6.07, 6.45) is 0.830. The number of furan rings is 1. The molecular weight excluding hydrogens is 282 g/mol. The molecule has 0 bridgehead atoms. The summed E-state index contributed by atoms with van der Waals surface area (Å²) in [5.41, 5.74) is 6.74. The molecule has 17 heavy (non-hydrogen) atoms. The Morgan fingerprint density at radius 3 is 2.71 bits per heavy atom. The molecule has 0 aliphatic rings. The molecular formula is C13H14BrNO2. The second kappa shape index (κ2) is 5.49. The highest BCUT2D eigenvalue weighted by Crippen LogP contribution is 2.31. The average Bonchev–Trinajstić information content (AvgIpc) is 2.83. The van der Waals surface area contributed by atoms with Gasteiger partial charge < -0.3 is 15.3 Å². The van der Waals surface area contributed by atoms with Gasteiger partial charge in [0.25, 0.3) is 0 Å². The maximum atomic E-state index is 10.2. The maximum absolute atomic E-state index is 10.2. The van der Waals surface area contributed by atoms with Crippen LogP contribution >= 0.6 is 15.9 Å².